The van der Waals surface area contributed by atoms with Gasteiger partial charge in [-0.3, -0.25) is 4.79 Å². The van der Waals surface area contributed by atoms with E-state index in [1.807, 2.05) is 4.90 Å². The van der Waals surface area contributed by atoms with E-state index in [0.29, 0.717) is 12.6 Å². The number of hydrogen-bond donors (Lipinski definition) is 1. The number of rotatable bonds is 6. The SMILES string of the molecule is CCCC(CC)NCC(=O)N1CCCC1. The largest absolute Gasteiger partial charge is 0.342 e. The van der Waals surface area contributed by atoms with Gasteiger partial charge in [0, 0.05) is 19.1 Å². The van der Waals surface area contributed by atoms with E-state index in [1.165, 1.54) is 25.7 Å². The maximum atomic E-state index is 11.7. The molecule has 1 fully saturated rings. The minimum atomic E-state index is 0.280. The van der Waals surface area contributed by atoms with Gasteiger partial charge in [0.2, 0.25) is 5.91 Å². The molecule has 0 aromatic heterocycles. The Kier molecular flexibility index (Phi) is 5.69. The number of hydrogen-bond acceptors (Lipinski definition) is 2. The first-order valence-corrected chi connectivity index (χ1v) is 6.29. The lowest BCUT2D eigenvalue weighted by atomic mass is 10.1. The van der Waals surface area contributed by atoms with Crippen LogP contribution in [0, 0.1) is 0 Å². The quantitative estimate of drug-likeness (QED) is 0.728. The summed E-state index contributed by atoms with van der Waals surface area (Å²) in [6, 6.07) is 0.515. The standard InChI is InChI=1S/C12H24N2O/c1-3-7-11(4-2)13-10-12(15)14-8-5-6-9-14/h11,13H,3-10H2,1-2H3. The van der Waals surface area contributed by atoms with Crippen LogP contribution in [0.5, 0.6) is 0 Å². The normalized spacial score (nSPS) is 18.1. The van der Waals surface area contributed by atoms with Crippen LogP contribution in [-0.4, -0.2) is 36.5 Å². The summed E-state index contributed by atoms with van der Waals surface area (Å²) in [6.45, 7) is 6.81. The zero-order valence-corrected chi connectivity index (χ0v) is 10.1. The first-order valence-electron chi connectivity index (χ1n) is 6.29. The maximum Gasteiger partial charge on any atom is 0.236 e. The van der Waals surface area contributed by atoms with Gasteiger partial charge in [-0.15, -0.1) is 0 Å². The number of nitrogens with one attached hydrogen (secondary N) is 1. The smallest absolute Gasteiger partial charge is 0.236 e. The lowest BCUT2D eigenvalue weighted by molar-refractivity contribution is -0.129. The van der Waals surface area contributed by atoms with Crippen LogP contribution >= 0.6 is 0 Å². The van der Waals surface area contributed by atoms with Crippen molar-refractivity contribution in [3.63, 3.8) is 0 Å². The third kappa shape index (κ3) is 4.20. The summed E-state index contributed by atoms with van der Waals surface area (Å²) in [5, 5.41) is 3.36. The topological polar surface area (TPSA) is 32.3 Å². The number of likely N-dealkylation sites (tertiary alicyclic amines) is 1. The molecule has 1 aliphatic heterocycles. The van der Waals surface area contributed by atoms with Crippen LogP contribution < -0.4 is 5.32 Å². The van der Waals surface area contributed by atoms with Crippen LogP contribution in [-0.2, 0) is 4.79 Å². The molecule has 88 valence electrons. The van der Waals surface area contributed by atoms with Crippen molar-refractivity contribution in [1.29, 1.82) is 0 Å². The van der Waals surface area contributed by atoms with Gasteiger partial charge >= 0.3 is 0 Å². The van der Waals surface area contributed by atoms with E-state index in [1.54, 1.807) is 0 Å². The van der Waals surface area contributed by atoms with Crippen molar-refractivity contribution in [2.24, 2.45) is 0 Å². The Hall–Kier alpha value is -0.570. The lowest BCUT2D eigenvalue weighted by Crippen LogP contribution is -2.40. The zero-order chi connectivity index (χ0) is 11.1. The van der Waals surface area contributed by atoms with Crippen molar-refractivity contribution in [1.82, 2.24) is 10.2 Å². The minimum absolute atomic E-state index is 0.280. The average molecular weight is 212 g/mol. The van der Waals surface area contributed by atoms with Gasteiger partial charge in [0.15, 0.2) is 0 Å². The molecule has 1 unspecified atom stereocenters. The van der Waals surface area contributed by atoms with Crippen molar-refractivity contribution >= 4 is 5.91 Å². The molecule has 1 saturated heterocycles. The van der Waals surface area contributed by atoms with Crippen LogP contribution in [0.3, 0.4) is 0 Å². The Morgan fingerprint density at radius 3 is 2.53 bits per heavy atom. The van der Waals surface area contributed by atoms with E-state index >= 15 is 0 Å². The molecule has 0 saturated carbocycles. The molecule has 0 aliphatic carbocycles. The van der Waals surface area contributed by atoms with Crippen LogP contribution in [0.4, 0.5) is 0 Å². The van der Waals surface area contributed by atoms with Gasteiger partial charge < -0.3 is 10.2 Å². The molecule has 0 spiro atoms. The van der Waals surface area contributed by atoms with Gasteiger partial charge in [0.05, 0.1) is 6.54 Å². The second-order valence-corrected chi connectivity index (χ2v) is 4.36. The number of carbonyl (C=O) groups is 1. The molecule has 1 N–H and O–H groups in total. The summed E-state index contributed by atoms with van der Waals surface area (Å²) < 4.78 is 0. The van der Waals surface area contributed by atoms with Crippen LogP contribution in [0.2, 0.25) is 0 Å². The van der Waals surface area contributed by atoms with E-state index in [2.05, 4.69) is 19.2 Å². The fourth-order valence-corrected chi connectivity index (χ4v) is 2.11. The van der Waals surface area contributed by atoms with Crippen molar-refractivity contribution in [3.05, 3.63) is 0 Å². The fourth-order valence-electron chi connectivity index (χ4n) is 2.11. The van der Waals surface area contributed by atoms with Crippen molar-refractivity contribution in [3.8, 4) is 0 Å². The van der Waals surface area contributed by atoms with Gasteiger partial charge in [0.25, 0.3) is 0 Å². The first kappa shape index (κ1) is 12.5. The van der Waals surface area contributed by atoms with Gasteiger partial charge in [-0.05, 0) is 25.7 Å². The Balaban J connectivity index is 2.19. The van der Waals surface area contributed by atoms with Crippen molar-refractivity contribution < 1.29 is 4.79 Å². The Labute approximate surface area is 93.2 Å². The third-order valence-corrected chi connectivity index (χ3v) is 3.13. The van der Waals surface area contributed by atoms with Gasteiger partial charge in [-0.1, -0.05) is 20.3 Å². The minimum Gasteiger partial charge on any atom is -0.342 e. The Morgan fingerprint density at radius 2 is 2.00 bits per heavy atom. The predicted octanol–water partition coefficient (Wildman–Crippen LogP) is 1.78. The van der Waals surface area contributed by atoms with Crippen molar-refractivity contribution in [2.75, 3.05) is 19.6 Å². The van der Waals surface area contributed by atoms with Gasteiger partial charge in [-0.25, -0.2) is 0 Å². The molecular weight excluding hydrogens is 188 g/mol. The van der Waals surface area contributed by atoms with E-state index in [9.17, 15) is 4.79 Å². The highest BCUT2D eigenvalue weighted by molar-refractivity contribution is 5.78. The molecule has 1 aliphatic rings. The third-order valence-electron chi connectivity index (χ3n) is 3.13. The molecular formula is C12H24N2O. The highest BCUT2D eigenvalue weighted by Gasteiger charge is 2.18. The fraction of sp³-hybridized carbons (Fsp3) is 0.917. The average Bonchev–Trinajstić information content (AvgIpc) is 2.77. The van der Waals surface area contributed by atoms with E-state index in [4.69, 9.17) is 0 Å². The number of amides is 1. The van der Waals surface area contributed by atoms with Crippen molar-refractivity contribution in [2.45, 2.75) is 52.0 Å². The molecule has 1 heterocycles. The molecule has 1 rings (SSSR count). The Bertz CT molecular complexity index is 188. The maximum absolute atomic E-state index is 11.7. The molecule has 0 aromatic carbocycles. The monoisotopic (exact) mass is 212 g/mol. The molecule has 1 amide bonds. The number of carbonyl (C=O) groups excluding carboxylic acids is 1. The molecule has 3 nitrogen and oxygen atoms in total. The second-order valence-electron chi connectivity index (χ2n) is 4.36. The summed E-state index contributed by atoms with van der Waals surface area (Å²) in [5.74, 6) is 0.280. The molecule has 0 radical (unpaired) electrons. The van der Waals surface area contributed by atoms with Crippen LogP contribution in [0.1, 0.15) is 46.0 Å². The predicted molar refractivity (Wildman–Crippen MR) is 62.8 cm³/mol. The van der Waals surface area contributed by atoms with E-state index in [0.717, 1.165) is 19.5 Å². The highest BCUT2D eigenvalue weighted by Crippen LogP contribution is 2.07. The number of nitrogens with zero attached hydrogens (tertiary/aromatic N) is 1. The molecule has 15 heavy (non-hydrogen) atoms. The second kappa shape index (κ2) is 6.83. The summed E-state index contributed by atoms with van der Waals surface area (Å²) in [7, 11) is 0. The van der Waals surface area contributed by atoms with E-state index < -0.39 is 0 Å². The van der Waals surface area contributed by atoms with E-state index in [-0.39, 0.29) is 5.91 Å². The Morgan fingerprint density at radius 1 is 1.33 bits per heavy atom. The van der Waals surface area contributed by atoms with Gasteiger partial charge in [-0.2, -0.15) is 0 Å². The molecule has 3 heteroatoms. The summed E-state index contributed by atoms with van der Waals surface area (Å²) >= 11 is 0. The molecule has 0 bridgehead atoms. The molecule has 0 aromatic rings. The highest BCUT2D eigenvalue weighted by atomic mass is 16.2. The molecule has 1 atom stereocenters. The summed E-state index contributed by atoms with van der Waals surface area (Å²) in [5.41, 5.74) is 0. The van der Waals surface area contributed by atoms with Gasteiger partial charge in [0.1, 0.15) is 0 Å². The summed E-state index contributed by atoms with van der Waals surface area (Å²) in [6.07, 6.45) is 5.82. The lowest BCUT2D eigenvalue weighted by Gasteiger charge is -2.19. The van der Waals surface area contributed by atoms with Crippen LogP contribution in [0.15, 0.2) is 0 Å². The summed E-state index contributed by atoms with van der Waals surface area (Å²) in [4.78, 5) is 13.7. The zero-order valence-electron chi connectivity index (χ0n) is 10.1. The van der Waals surface area contributed by atoms with Crippen LogP contribution in [0.25, 0.3) is 0 Å². The first-order chi connectivity index (χ1) is 7.27.